The van der Waals surface area contributed by atoms with Gasteiger partial charge in [0.2, 0.25) is 0 Å². The van der Waals surface area contributed by atoms with Crippen LogP contribution >= 0.6 is 11.6 Å². The molecule has 0 bridgehead atoms. The van der Waals surface area contributed by atoms with Gasteiger partial charge in [-0.1, -0.05) is 17.7 Å². The van der Waals surface area contributed by atoms with Crippen molar-refractivity contribution < 1.29 is 0 Å². The van der Waals surface area contributed by atoms with Crippen LogP contribution in [0, 0.1) is 0 Å². The summed E-state index contributed by atoms with van der Waals surface area (Å²) in [6.45, 7) is 4.55. The van der Waals surface area contributed by atoms with E-state index in [9.17, 15) is 0 Å². The number of rotatable bonds is 6. The second kappa shape index (κ2) is 7.27. The summed E-state index contributed by atoms with van der Waals surface area (Å²) in [7, 11) is 0. The van der Waals surface area contributed by atoms with E-state index in [4.69, 9.17) is 17.3 Å². The molecule has 0 amide bonds. The Morgan fingerprint density at radius 3 is 2.60 bits per heavy atom. The van der Waals surface area contributed by atoms with Crippen molar-refractivity contribution in [2.45, 2.75) is 19.9 Å². The molecule has 1 aromatic heterocycles. The molecule has 0 atom stereocenters. The summed E-state index contributed by atoms with van der Waals surface area (Å²) in [6, 6.07) is 10.1. The minimum Gasteiger partial charge on any atom is -0.367 e. The van der Waals surface area contributed by atoms with E-state index in [-0.39, 0.29) is 0 Å². The van der Waals surface area contributed by atoms with Crippen LogP contribution in [0.15, 0.2) is 42.7 Å². The standard InChI is InChI=1S/C16H20ClN3/c1-2-20(12-13-6-9-19-10-7-13)16-11-15(17)4-3-14(16)5-8-18/h3-4,6-7,9-11H,2,5,8,12,18H2,1H3. The lowest BCUT2D eigenvalue weighted by molar-refractivity contribution is 0.817. The van der Waals surface area contributed by atoms with Gasteiger partial charge in [0, 0.05) is 36.2 Å². The molecule has 1 heterocycles. The summed E-state index contributed by atoms with van der Waals surface area (Å²) in [5.74, 6) is 0. The third kappa shape index (κ3) is 3.71. The van der Waals surface area contributed by atoms with Crippen molar-refractivity contribution in [1.29, 1.82) is 0 Å². The number of nitrogens with two attached hydrogens (primary N) is 1. The number of nitrogens with zero attached hydrogens (tertiary/aromatic N) is 2. The first-order valence-electron chi connectivity index (χ1n) is 6.87. The van der Waals surface area contributed by atoms with Crippen molar-refractivity contribution in [2.24, 2.45) is 5.73 Å². The highest BCUT2D eigenvalue weighted by atomic mass is 35.5. The molecular formula is C16H20ClN3. The van der Waals surface area contributed by atoms with E-state index < -0.39 is 0 Å². The van der Waals surface area contributed by atoms with Crippen molar-refractivity contribution in [1.82, 2.24) is 4.98 Å². The van der Waals surface area contributed by atoms with Gasteiger partial charge in [-0.2, -0.15) is 0 Å². The first kappa shape index (κ1) is 14.8. The predicted molar refractivity (Wildman–Crippen MR) is 85.2 cm³/mol. The topological polar surface area (TPSA) is 42.2 Å². The Kier molecular flexibility index (Phi) is 5.39. The molecule has 0 spiro atoms. The van der Waals surface area contributed by atoms with Gasteiger partial charge in [-0.3, -0.25) is 4.98 Å². The van der Waals surface area contributed by atoms with Gasteiger partial charge >= 0.3 is 0 Å². The summed E-state index contributed by atoms with van der Waals surface area (Å²) in [5.41, 5.74) is 9.35. The minimum atomic E-state index is 0.640. The van der Waals surface area contributed by atoms with E-state index >= 15 is 0 Å². The lowest BCUT2D eigenvalue weighted by atomic mass is 10.1. The fourth-order valence-corrected chi connectivity index (χ4v) is 2.44. The van der Waals surface area contributed by atoms with E-state index in [0.29, 0.717) is 6.54 Å². The van der Waals surface area contributed by atoms with Crippen LogP contribution in [0.1, 0.15) is 18.1 Å². The zero-order valence-corrected chi connectivity index (χ0v) is 12.5. The largest absolute Gasteiger partial charge is 0.367 e. The molecule has 0 aliphatic carbocycles. The summed E-state index contributed by atoms with van der Waals surface area (Å²) in [5, 5.41) is 0.758. The minimum absolute atomic E-state index is 0.640. The number of hydrogen-bond donors (Lipinski definition) is 1. The van der Waals surface area contributed by atoms with E-state index in [1.807, 2.05) is 36.7 Å². The first-order chi connectivity index (χ1) is 9.74. The number of anilines is 1. The highest BCUT2D eigenvalue weighted by molar-refractivity contribution is 6.30. The van der Waals surface area contributed by atoms with Crippen LogP contribution in [0.3, 0.4) is 0 Å². The van der Waals surface area contributed by atoms with Gasteiger partial charge < -0.3 is 10.6 Å². The highest BCUT2D eigenvalue weighted by Crippen LogP contribution is 2.26. The van der Waals surface area contributed by atoms with Gasteiger partial charge in [0.05, 0.1) is 0 Å². The molecule has 0 radical (unpaired) electrons. The fourth-order valence-electron chi connectivity index (χ4n) is 2.27. The summed E-state index contributed by atoms with van der Waals surface area (Å²) in [6.07, 6.45) is 4.50. The third-order valence-electron chi connectivity index (χ3n) is 3.31. The summed E-state index contributed by atoms with van der Waals surface area (Å²) >= 11 is 6.15. The van der Waals surface area contributed by atoms with Gasteiger partial charge in [0.1, 0.15) is 0 Å². The Balaban J connectivity index is 2.28. The second-order valence-electron chi connectivity index (χ2n) is 4.68. The van der Waals surface area contributed by atoms with Crippen molar-refractivity contribution in [3.63, 3.8) is 0 Å². The molecule has 0 unspecified atom stereocenters. The van der Waals surface area contributed by atoms with Gasteiger partial charge in [0.15, 0.2) is 0 Å². The number of halogens is 1. The molecule has 2 N–H and O–H groups in total. The summed E-state index contributed by atoms with van der Waals surface area (Å²) < 4.78 is 0. The maximum absolute atomic E-state index is 6.15. The molecule has 106 valence electrons. The lowest BCUT2D eigenvalue weighted by Crippen LogP contribution is -2.23. The molecule has 0 aliphatic rings. The number of aromatic nitrogens is 1. The molecule has 0 saturated heterocycles. The SMILES string of the molecule is CCN(Cc1ccncc1)c1cc(Cl)ccc1CCN. The molecule has 2 rings (SSSR count). The van der Waals surface area contributed by atoms with E-state index in [1.165, 1.54) is 16.8 Å². The predicted octanol–water partition coefficient (Wildman–Crippen LogP) is 3.26. The van der Waals surface area contributed by atoms with Crippen LogP contribution in [0.2, 0.25) is 5.02 Å². The van der Waals surface area contributed by atoms with Gasteiger partial charge in [-0.15, -0.1) is 0 Å². The fraction of sp³-hybridized carbons (Fsp3) is 0.312. The van der Waals surface area contributed by atoms with Crippen LogP contribution in [0.25, 0.3) is 0 Å². The first-order valence-corrected chi connectivity index (χ1v) is 7.24. The lowest BCUT2D eigenvalue weighted by Gasteiger charge is -2.26. The Hall–Kier alpha value is -1.58. The molecule has 0 saturated carbocycles. The highest BCUT2D eigenvalue weighted by Gasteiger charge is 2.11. The van der Waals surface area contributed by atoms with Crippen LogP contribution in [-0.2, 0) is 13.0 Å². The summed E-state index contributed by atoms with van der Waals surface area (Å²) in [4.78, 5) is 6.37. The zero-order chi connectivity index (χ0) is 14.4. The third-order valence-corrected chi connectivity index (χ3v) is 3.54. The number of pyridine rings is 1. The quantitative estimate of drug-likeness (QED) is 0.887. The van der Waals surface area contributed by atoms with Crippen LogP contribution in [-0.4, -0.2) is 18.1 Å². The molecule has 4 heteroatoms. The Morgan fingerprint density at radius 2 is 1.95 bits per heavy atom. The Bertz CT molecular complexity index is 543. The maximum Gasteiger partial charge on any atom is 0.0430 e. The van der Waals surface area contributed by atoms with E-state index in [2.05, 4.69) is 22.9 Å². The average molecular weight is 290 g/mol. The van der Waals surface area contributed by atoms with E-state index in [1.54, 1.807) is 0 Å². The maximum atomic E-state index is 6.15. The zero-order valence-electron chi connectivity index (χ0n) is 11.7. The molecular weight excluding hydrogens is 270 g/mol. The van der Waals surface area contributed by atoms with Crippen molar-refractivity contribution in [3.05, 3.63) is 58.9 Å². The molecule has 1 aromatic carbocycles. The second-order valence-corrected chi connectivity index (χ2v) is 5.12. The molecule has 2 aromatic rings. The van der Waals surface area contributed by atoms with Crippen molar-refractivity contribution in [2.75, 3.05) is 18.0 Å². The Morgan fingerprint density at radius 1 is 1.20 bits per heavy atom. The average Bonchev–Trinajstić information content (AvgIpc) is 2.48. The van der Waals surface area contributed by atoms with Crippen LogP contribution < -0.4 is 10.6 Å². The number of benzene rings is 1. The molecule has 3 nitrogen and oxygen atoms in total. The normalized spacial score (nSPS) is 10.6. The molecule has 20 heavy (non-hydrogen) atoms. The smallest absolute Gasteiger partial charge is 0.0430 e. The monoisotopic (exact) mass is 289 g/mol. The van der Waals surface area contributed by atoms with Crippen molar-refractivity contribution >= 4 is 17.3 Å². The van der Waals surface area contributed by atoms with Gasteiger partial charge in [0.25, 0.3) is 0 Å². The molecule has 0 aliphatic heterocycles. The van der Waals surface area contributed by atoms with Gasteiger partial charge in [-0.05, 0) is 55.3 Å². The molecule has 0 fully saturated rings. The van der Waals surface area contributed by atoms with Gasteiger partial charge in [-0.25, -0.2) is 0 Å². The van der Waals surface area contributed by atoms with Crippen molar-refractivity contribution in [3.8, 4) is 0 Å². The van der Waals surface area contributed by atoms with Crippen LogP contribution in [0.5, 0.6) is 0 Å². The Labute approximate surface area is 125 Å². The van der Waals surface area contributed by atoms with E-state index in [0.717, 1.165) is 24.5 Å². The number of hydrogen-bond acceptors (Lipinski definition) is 3. The van der Waals surface area contributed by atoms with Crippen LogP contribution in [0.4, 0.5) is 5.69 Å².